The lowest BCUT2D eigenvalue weighted by atomic mass is 10.0. The van der Waals surface area contributed by atoms with Gasteiger partial charge in [0.15, 0.2) is 6.54 Å². The number of carbonyl (C=O) groups excluding carboxylic acids is 1. The van der Waals surface area contributed by atoms with Gasteiger partial charge >= 0.3 is 0 Å². The van der Waals surface area contributed by atoms with Crippen LogP contribution in [0, 0.1) is 0 Å². The van der Waals surface area contributed by atoms with Gasteiger partial charge in [-0.15, -0.1) is 0 Å². The Morgan fingerprint density at radius 2 is 1.87 bits per heavy atom. The van der Waals surface area contributed by atoms with Crippen molar-refractivity contribution in [3.63, 3.8) is 0 Å². The molecule has 0 aliphatic carbocycles. The number of nitrogens with zero attached hydrogens (tertiary/aromatic N) is 2. The van der Waals surface area contributed by atoms with Crippen LogP contribution in [-0.4, -0.2) is 69.4 Å². The van der Waals surface area contributed by atoms with Crippen molar-refractivity contribution in [1.82, 2.24) is 4.90 Å². The molecule has 0 saturated carbocycles. The summed E-state index contributed by atoms with van der Waals surface area (Å²) in [7, 11) is 3.32. The summed E-state index contributed by atoms with van der Waals surface area (Å²) in [5.74, 6) is 2.09. The molecule has 0 spiro atoms. The Hall–Kier alpha value is -2.93. The SMILES string of the molecule is COc1ccc(OC)c([C@H]2CCCN2C(=O)C[NH+]2CCN(c3ccccc3O)CC2)c1. The second-order valence-electron chi connectivity index (χ2n) is 8.26. The fraction of sp³-hybridized carbons (Fsp3) is 0.458. The monoisotopic (exact) mass is 426 g/mol. The number of likely N-dealkylation sites (tertiary alicyclic amines) is 1. The highest BCUT2D eigenvalue weighted by atomic mass is 16.5. The summed E-state index contributed by atoms with van der Waals surface area (Å²) >= 11 is 0. The van der Waals surface area contributed by atoms with Crippen molar-refractivity contribution >= 4 is 11.6 Å². The number of methoxy groups -OCH3 is 2. The van der Waals surface area contributed by atoms with Gasteiger partial charge < -0.3 is 29.3 Å². The third-order valence-electron chi connectivity index (χ3n) is 6.46. The second-order valence-corrected chi connectivity index (χ2v) is 8.26. The molecule has 4 rings (SSSR count). The first kappa shape index (κ1) is 21.3. The Balaban J connectivity index is 1.39. The normalized spacial score (nSPS) is 19.5. The standard InChI is InChI=1S/C24H31N3O4/c1-30-18-9-10-23(31-2)19(16-18)20-7-5-11-27(20)24(29)17-25-12-14-26(15-13-25)21-6-3-4-8-22(21)28/h3-4,6,8-10,16,20,28H,5,7,11-15,17H2,1-2H3/p+1/t20-/m1/s1. The summed E-state index contributed by atoms with van der Waals surface area (Å²) in [6.45, 7) is 4.68. The van der Waals surface area contributed by atoms with E-state index in [4.69, 9.17) is 9.47 Å². The average Bonchev–Trinajstić information content (AvgIpc) is 3.29. The molecule has 2 heterocycles. The molecule has 1 amide bonds. The predicted octanol–water partition coefficient (Wildman–Crippen LogP) is 1.48. The lowest BCUT2D eigenvalue weighted by Crippen LogP contribution is -3.15. The summed E-state index contributed by atoms with van der Waals surface area (Å²) in [6, 6.07) is 13.3. The third kappa shape index (κ3) is 4.56. The molecule has 2 aromatic rings. The van der Waals surface area contributed by atoms with E-state index in [-0.39, 0.29) is 11.9 Å². The fourth-order valence-electron chi connectivity index (χ4n) is 4.78. The van der Waals surface area contributed by atoms with Gasteiger partial charge in [-0.05, 0) is 43.2 Å². The highest BCUT2D eigenvalue weighted by Gasteiger charge is 2.34. The summed E-state index contributed by atoms with van der Waals surface area (Å²) in [6.07, 6.45) is 1.93. The van der Waals surface area contributed by atoms with Crippen LogP contribution in [0.15, 0.2) is 42.5 Å². The molecule has 2 aromatic carbocycles. The predicted molar refractivity (Wildman–Crippen MR) is 119 cm³/mol. The number of phenols is 1. The van der Waals surface area contributed by atoms with Crippen LogP contribution in [0.25, 0.3) is 0 Å². The quantitative estimate of drug-likeness (QED) is 0.733. The number of hydrogen-bond acceptors (Lipinski definition) is 5. The number of anilines is 1. The second kappa shape index (κ2) is 9.47. The molecule has 2 N–H and O–H groups in total. The molecular weight excluding hydrogens is 394 g/mol. The molecule has 166 valence electrons. The molecule has 0 unspecified atom stereocenters. The minimum atomic E-state index is 0.0273. The van der Waals surface area contributed by atoms with Gasteiger partial charge in [0.2, 0.25) is 0 Å². The van der Waals surface area contributed by atoms with Crippen molar-refractivity contribution < 1.29 is 24.3 Å². The first-order valence-electron chi connectivity index (χ1n) is 11.0. The molecule has 0 aromatic heterocycles. The maximum absolute atomic E-state index is 13.2. The van der Waals surface area contributed by atoms with E-state index in [9.17, 15) is 9.90 Å². The van der Waals surface area contributed by atoms with Crippen LogP contribution >= 0.6 is 0 Å². The number of aromatic hydroxyl groups is 1. The number of quaternary nitrogens is 1. The lowest BCUT2D eigenvalue weighted by molar-refractivity contribution is -0.892. The summed E-state index contributed by atoms with van der Waals surface area (Å²) in [4.78, 5) is 18.7. The number of rotatable bonds is 6. The van der Waals surface area contributed by atoms with Crippen LogP contribution in [0.4, 0.5) is 5.69 Å². The van der Waals surface area contributed by atoms with Crippen molar-refractivity contribution in [2.45, 2.75) is 18.9 Å². The smallest absolute Gasteiger partial charge is 0.278 e. The van der Waals surface area contributed by atoms with E-state index < -0.39 is 0 Å². The van der Waals surface area contributed by atoms with Gasteiger partial charge in [0.25, 0.3) is 5.91 Å². The molecule has 31 heavy (non-hydrogen) atoms. The van der Waals surface area contributed by atoms with Gasteiger partial charge in [-0.1, -0.05) is 12.1 Å². The van der Waals surface area contributed by atoms with Gasteiger partial charge in [-0.25, -0.2) is 0 Å². The van der Waals surface area contributed by atoms with E-state index in [1.165, 1.54) is 4.90 Å². The number of piperazine rings is 1. The summed E-state index contributed by atoms with van der Waals surface area (Å²) < 4.78 is 11.0. The van der Waals surface area contributed by atoms with Crippen molar-refractivity contribution in [3.05, 3.63) is 48.0 Å². The Labute approximate surface area is 183 Å². The van der Waals surface area contributed by atoms with Crippen LogP contribution in [0.5, 0.6) is 17.2 Å². The van der Waals surface area contributed by atoms with Crippen LogP contribution in [0.1, 0.15) is 24.4 Å². The minimum absolute atomic E-state index is 0.0273. The Morgan fingerprint density at radius 3 is 2.58 bits per heavy atom. The van der Waals surface area contributed by atoms with Gasteiger partial charge in [-0.2, -0.15) is 0 Å². The topological polar surface area (TPSA) is 66.7 Å². The van der Waals surface area contributed by atoms with Crippen LogP contribution in [0.3, 0.4) is 0 Å². The molecular formula is C24H32N3O4+. The number of amides is 1. The number of hydrogen-bond donors (Lipinski definition) is 2. The number of para-hydroxylation sites is 2. The van der Waals surface area contributed by atoms with Crippen LogP contribution < -0.4 is 19.3 Å². The van der Waals surface area contributed by atoms with Crippen LogP contribution in [0.2, 0.25) is 0 Å². The average molecular weight is 427 g/mol. The molecule has 2 fully saturated rings. The highest BCUT2D eigenvalue weighted by molar-refractivity contribution is 5.78. The number of phenolic OH excluding ortho intramolecular Hbond substituents is 1. The first-order chi connectivity index (χ1) is 15.1. The van der Waals surface area contributed by atoms with E-state index >= 15 is 0 Å². The molecule has 1 atom stereocenters. The van der Waals surface area contributed by atoms with E-state index in [0.717, 1.165) is 68.3 Å². The molecule has 2 saturated heterocycles. The minimum Gasteiger partial charge on any atom is -0.506 e. The van der Waals surface area contributed by atoms with Gasteiger partial charge in [0.1, 0.15) is 17.2 Å². The van der Waals surface area contributed by atoms with Crippen molar-refractivity contribution in [3.8, 4) is 17.2 Å². The number of ether oxygens (including phenoxy) is 2. The summed E-state index contributed by atoms with van der Waals surface area (Å²) in [5.41, 5.74) is 1.89. The van der Waals surface area contributed by atoms with Gasteiger partial charge in [-0.3, -0.25) is 4.79 Å². The molecule has 2 aliphatic rings. The fourth-order valence-corrected chi connectivity index (χ4v) is 4.78. The maximum Gasteiger partial charge on any atom is 0.278 e. The van der Waals surface area contributed by atoms with Crippen molar-refractivity contribution in [1.29, 1.82) is 0 Å². The van der Waals surface area contributed by atoms with E-state index in [2.05, 4.69) is 4.90 Å². The molecule has 2 aliphatic heterocycles. The highest BCUT2D eigenvalue weighted by Crippen LogP contribution is 2.38. The Bertz CT molecular complexity index is 911. The third-order valence-corrected chi connectivity index (χ3v) is 6.46. The Morgan fingerprint density at radius 1 is 1.10 bits per heavy atom. The zero-order valence-corrected chi connectivity index (χ0v) is 18.3. The zero-order chi connectivity index (χ0) is 21.8. The number of nitrogens with one attached hydrogen (secondary N) is 1. The largest absolute Gasteiger partial charge is 0.506 e. The number of carbonyl (C=O) groups is 1. The molecule has 0 radical (unpaired) electrons. The van der Waals surface area contributed by atoms with E-state index in [1.807, 2.05) is 41.3 Å². The number of benzene rings is 2. The van der Waals surface area contributed by atoms with E-state index in [1.54, 1.807) is 20.3 Å². The van der Waals surface area contributed by atoms with Crippen molar-refractivity contribution in [2.75, 3.05) is 58.4 Å². The maximum atomic E-state index is 13.2. The molecule has 0 bridgehead atoms. The zero-order valence-electron chi connectivity index (χ0n) is 18.3. The lowest BCUT2D eigenvalue weighted by Gasteiger charge is -2.35. The first-order valence-corrected chi connectivity index (χ1v) is 11.0. The molecule has 7 heteroatoms. The van der Waals surface area contributed by atoms with Crippen molar-refractivity contribution in [2.24, 2.45) is 0 Å². The van der Waals surface area contributed by atoms with E-state index in [0.29, 0.717) is 12.3 Å². The van der Waals surface area contributed by atoms with Gasteiger partial charge in [0, 0.05) is 12.1 Å². The van der Waals surface area contributed by atoms with Gasteiger partial charge in [0.05, 0.1) is 52.1 Å². The summed E-state index contributed by atoms with van der Waals surface area (Å²) in [5, 5.41) is 10.1. The Kier molecular flexibility index (Phi) is 6.51. The van der Waals surface area contributed by atoms with Crippen LogP contribution in [-0.2, 0) is 4.79 Å². The molecule has 7 nitrogen and oxygen atoms in total.